The van der Waals surface area contributed by atoms with Crippen molar-refractivity contribution in [1.82, 2.24) is 0 Å². The Morgan fingerprint density at radius 1 is 1.13 bits per heavy atom. The highest BCUT2D eigenvalue weighted by Crippen LogP contribution is 2.33. The number of phenolic OH excluding ortho intramolecular Hbond substituents is 1. The Balaban J connectivity index is 2.86. The summed E-state index contributed by atoms with van der Waals surface area (Å²) in [5, 5.41) is 22.1. The van der Waals surface area contributed by atoms with Crippen LogP contribution in [-0.2, 0) is 0 Å². The van der Waals surface area contributed by atoms with E-state index in [9.17, 15) is 10.0 Å². The molecule has 0 aliphatic carbocycles. The first-order valence-corrected chi connectivity index (χ1v) is 4.25. The smallest absolute Gasteiger partial charge is 0.116 e. The van der Waals surface area contributed by atoms with Crippen LogP contribution in [0.4, 0.5) is 11.4 Å². The summed E-state index contributed by atoms with van der Waals surface area (Å²) in [5.74, 6) is 0.0440. The Labute approximate surface area is 84.9 Å². The third-order valence-electron chi connectivity index (χ3n) is 2.20. The number of phenols is 1. The number of nitrogens with one attached hydrogen (secondary N) is 1. The van der Waals surface area contributed by atoms with Gasteiger partial charge < -0.3 is 5.11 Å². The van der Waals surface area contributed by atoms with Crippen LogP contribution in [0.2, 0.25) is 0 Å². The summed E-state index contributed by atoms with van der Waals surface area (Å²) < 4.78 is 0. The largest absolute Gasteiger partial charge is 0.508 e. The fourth-order valence-electron chi connectivity index (χ4n) is 1.50. The van der Waals surface area contributed by atoms with Crippen LogP contribution in [0.5, 0.6) is 5.75 Å². The van der Waals surface area contributed by atoms with Gasteiger partial charge in [-0.15, -0.1) is 4.91 Å². The molecule has 0 bridgehead atoms. The van der Waals surface area contributed by atoms with Crippen LogP contribution < -0.4 is 5.48 Å². The average Bonchev–Trinajstić information content (AvgIpc) is 2.27. The van der Waals surface area contributed by atoms with Gasteiger partial charge in [-0.1, -0.05) is 0 Å². The lowest BCUT2D eigenvalue weighted by Crippen LogP contribution is -1.90. The van der Waals surface area contributed by atoms with E-state index in [-0.39, 0.29) is 11.4 Å². The van der Waals surface area contributed by atoms with Gasteiger partial charge in [0, 0.05) is 10.8 Å². The summed E-state index contributed by atoms with van der Waals surface area (Å²) >= 11 is 0. The number of benzene rings is 2. The summed E-state index contributed by atoms with van der Waals surface area (Å²) in [7, 11) is 0. The Hall–Kier alpha value is -2.14. The molecule has 3 N–H and O–H groups in total. The SMILES string of the molecule is O=Nc1ccc(NO)c2ccc(O)cc12. The lowest BCUT2D eigenvalue weighted by atomic mass is 10.1. The maximum absolute atomic E-state index is 10.5. The molecular weight excluding hydrogens is 196 g/mol. The van der Waals surface area contributed by atoms with E-state index >= 15 is 0 Å². The molecule has 2 aromatic carbocycles. The number of hydrogen-bond donors (Lipinski definition) is 3. The molecule has 0 atom stereocenters. The molecule has 0 amide bonds. The first-order valence-electron chi connectivity index (χ1n) is 4.25. The first-order chi connectivity index (χ1) is 7.26. The van der Waals surface area contributed by atoms with E-state index in [2.05, 4.69) is 5.18 Å². The highest BCUT2D eigenvalue weighted by Gasteiger charge is 2.06. The third-order valence-corrected chi connectivity index (χ3v) is 2.20. The van der Waals surface area contributed by atoms with Crippen molar-refractivity contribution in [2.75, 3.05) is 5.48 Å². The van der Waals surface area contributed by atoms with E-state index in [0.29, 0.717) is 16.5 Å². The van der Waals surface area contributed by atoms with Crippen LogP contribution in [-0.4, -0.2) is 10.3 Å². The molecule has 0 radical (unpaired) electrons. The second-order valence-corrected chi connectivity index (χ2v) is 3.07. The van der Waals surface area contributed by atoms with E-state index in [1.165, 1.54) is 24.3 Å². The maximum atomic E-state index is 10.5. The van der Waals surface area contributed by atoms with Gasteiger partial charge in [-0.3, -0.25) is 10.7 Å². The molecule has 5 heteroatoms. The minimum atomic E-state index is 0.0440. The number of rotatable bonds is 2. The van der Waals surface area contributed by atoms with Gasteiger partial charge in [0.25, 0.3) is 0 Å². The monoisotopic (exact) mass is 204 g/mol. The number of nitroso groups, excluding NO2 is 1. The van der Waals surface area contributed by atoms with Crippen molar-refractivity contribution in [1.29, 1.82) is 0 Å². The number of nitrogens with zero attached hydrogens (tertiary/aromatic N) is 1. The quantitative estimate of drug-likeness (QED) is 0.518. The first kappa shape index (κ1) is 9.42. The van der Waals surface area contributed by atoms with E-state index < -0.39 is 0 Å². The molecule has 0 unspecified atom stereocenters. The number of fused-ring (bicyclic) bond motifs is 1. The molecule has 76 valence electrons. The minimum absolute atomic E-state index is 0.0440. The van der Waals surface area contributed by atoms with E-state index in [4.69, 9.17) is 5.21 Å². The maximum Gasteiger partial charge on any atom is 0.116 e. The Morgan fingerprint density at radius 3 is 2.60 bits per heavy atom. The van der Waals surface area contributed by atoms with Gasteiger partial charge in [0.15, 0.2) is 0 Å². The molecule has 0 saturated carbocycles. The van der Waals surface area contributed by atoms with Crippen LogP contribution in [0.3, 0.4) is 0 Å². The fraction of sp³-hybridized carbons (Fsp3) is 0. The Morgan fingerprint density at radius 2 is 1.93 bits per heavy atom. The zero-order chi connectivity index (χ0) is 10.8. The summed E-state index contributed by atoms with van der Waals surface area (Å²) in [6, 6.07) is 7.49. The molecule has 0 heterocycles. The van der Waals surface area contributed by atoms with E-state index in [1.807, 2.05) is 5.48 Å². The molecule has 15 heavy (non-hydrogen) atoms. The zero-order valence-corrected chi connectivity index (χ0v) is 7.64. The molecular formula is C10H8N2O3. The molecule has 2 aromatic rings. The molecule has 0 fully saturated rings. The Bertz CT molecular complexity index is 525. The highest BCUT2D eigenvalue weighted by atomic mass is 16.5. The van der Waals surface area contributed by atoms with Crippen molar-refractivity contribution in [3.05, 3.63) is 35.2 Å². The lowest BCUT2D eigenvalue weighted by molar-refractivity contribution is 0.390. The molecule has 5 nitrogen and oxygen atoms in total. The van der Waals surface area contributed by atoms with Crippen LogP contribution >= 0.6 is 0 Å². The van der Waals surface area contributed by atoms with Crippen molar-refractivity contribution in [3.8, 4) is 5.75 Å². The van der Waals surface area contributed by atoms with E-state index in [0.717, 1.165) is 0 Å². The van der Waals surface area contributed by atoms with Gasteiger partial charge in [0.05, 0.1) is 5.69 Å². The summed E-state index contributed by atoms with van der Waals surface area (Å²) in [6.45, 7) is 0. The standard InChI is InChI=1S/C10H8N2O3/c13-6-1-2-7-8(5-6)10(12-15)4-3-9(7)11-14/h1-5,11,13-14H. The van der Waals surface area contributed by atoms with Gasteiger partial charge in [0.2, 0.25) is 0 Å². The van der Waals surface area contributed by atoms with Crippen molar-refractivity contribution < 1.29 is 10.3 Å². The van der Waals surface area contributed by atoms with Crippen LogP contribution in [0.15, 0.2) is 35.5 Å². The van der Waals surface area contributed by atoms with Gasteiger partial charge in [0.1, 0.15) is 11.4 Å². The van der Waals surface area contributed by atoms with Crippen LogP contribution in [0.1, 0.15) is 0 Å². The predicted molar refractivity (Wildman–Crippen MR) is 56.5 cm³/mol. The van der Waals surface area contributed by atoms with Crippen LogP contribution in [0, 0.1) is 4.91 Å². The molecule has 0 aliphatic heterocycles. The van der Waals surface area contributed by atoms with Gasteiger partial charge in [-0.2, -0.15) is 0 Å². The van der Waals surface area contributed by atoms with Crippen LogP contribution in [0.25, 0.3) is 10.8 Å². The predicted octanol–water partition coefficient (Wildman–Crippen LogP) is 2.74. The molecule has 2 rings (SSSR count). The summed E-state index contributed by atoms with van der Waals surface area (Å²) in [6.07, 6.45) is 0. The molecule has 0 aliphatic rings. The van der Waals surface area contributed by atoms with Gasteiger partial charge in [-0.25, -0.2) is 0 Å². The number of aromatic hydroxyl groups is 1. The lowest BCUT2D eigenvalue weighted by Gasteiger charge is -2.06. The third kappa shape index (κ3) is 1.49. The van der Waals surface area contributed by atoms with Crippen molar-refractivity contribution in [3.63, 3.8) is 0 Å². The van der Waals surface area contributed by atoms with Crippen molar-refractivity contribution in [2.24, 2.45) is 5.18 Å². The minimum Gasteiger partial charge on any atom is -0.508 e. The second kappa shape index (κ2) is 3.55. The van der Waals surface area contributed by atoms with Gasteiger partial charge in [-0.05, 0) is 35.5 Å². The molecule has 0 saturated heterocycles. The zero-order valence-electron chi connectivity index (χ0n) is 7.64. The topological polar surface area (TPSA) is 81.9 Å². The molecule has 0 aromatic heterocycles. The van der Waals surface area contributed by atoms with E-state index in [1.54, 1.807) is 6.07 Å². The van der Waals surface area contributed by atoms with Crippen molar-refractivity contribution in [2.45, 2.75) is 0 Å². The Kier molecular flexibility index (Phi) is 2.23. The summed E-state index contributed by atoms with van der Waals surface area (Å²) in [4.78, 5) is 10.5. The normalized spacial score (nSPS) is 10.2. The average molecular weight is 204 g/mol. The van der Waals surface area contributed by atoms with Gasteiger partial charge >= 0.3 is 0 Å². The molecule has 0 spiro atoms. The van der Waals surface area contributed by atoms with Crippen molar-refractivity contribution >= 4 is 22.1 Å². The fourth-order valence-corrected chi connectivity index (χ4v) is 1.50. The summed E-state index contributed by atoms with van der Waals surface area (Å²) in [5.41, 5.74) is 2.69. The highest BCUT2D eigenvalue weighted by molar-refractivity contribution is 6.01. The number of hydrogen-bond acceptors (Lipinski definition) is 5. The number of anilines is 1. The second-order valence-electron chi connectivity index (χ2n) is 3.07.